The van der Waals surface area contributed by atoms with Crippen LogP contribution in [-0.2, 0) is 17.5 Å². The second-order valence-corrected chi connectivity index (χ2v) is 10.3. The third-order valence-corrected chi connectivity index (χ3v) is 7.04. The normalized spacial score (nSPS) is 14.6. The van der Waals surface area contributed by atoms with E-state index in [0.29, 0.717) is 18.4 Å². The zero-order valence-electron chi connectivity index (χ0n) is 23.1. The molecule has 0 spiro atoms. The number of aromatic nitrogens is 2. The summed E-state index contributed by atoms with van der Waals surface area (Å²) >= 11 is 0. The predicted molar refractivity (Wildman–Crippen MR) is 145 cm³/mol. The number of methoxy groups -OCH3 is 1. The number of carbonyl (C=O) groups is 1. The summed E-state index contributed by atoms with van der Waals surface area (Å²) in [5, 5.41) is 8.26. The lowest BCUT2D eigenvalue weighted by molar-refractivity contribution is -0.152. The molecule has 9 nitrogen and oxygen atoms in total. The van der Waals surface area contributed by atoms with Crippen molar-refractivity contribution in [2.45, 2.75) is 39.4 Å². The fourth-order valence-corrected chi connectivity index (χ4v) is 4.64. The number of halogens is 5. The molecule has 1 aliphatic rings. The van der Waals surface area contributed by atoms with Crippen molar-refractivity contribution in [2.75, 3.05) is 13.7 Å². The molecule has 14 heteroatoms. The van der Waals surface area contributed by atoms with Crippen molar-refractivity contribution in [2.24, 2.45) is 10.5 Å². The topological polar surface area (TPSA) is 108 Å². The van der Waals surface area contributed by atoms with Crippen LogP contribution in [0.4, 0.5) is 22.0 Å². The van der Waals surface area contributed by atoms with Crippen LogP contribution in [0, 0.1) is 17.0 Å². The highest BCUT2D eigenvalue weighted by molar-refractivity contribution is 6.19. The molecule has 2 aromatic carbocycles. The van der Waals surface area contributed by atoms with Gasteiger partial charge in [-0.05, 0) is 63.1 Å². The minimum atomic E-state index is -4.72. The Hall–Kier alpha value is -4.75. The molecular formula is C29H25F5N4O5. The van der Waals surface area contributed by atoms with Crippen molar-refractivity contribution in [1.82, 2.24) is 15.2 Å². The maximum absolute atomic E-state index is 14.8. The van der Waals surface area contributed by atoms with Gasteiger partial charge in [0.25, 0.3) is 11.5 Å². The van der Waals surface area contributed by atoms with E-state index in [1.165, 1.54) is 43.5 Å². The Balaban J connectivity index is 1.26. The molecule has 0 unspecified atom stereocenters. The van der Waals surface area contributed by atoms with Gasteiger partial charge in [0.2, 0.25) is 11.6 Å². The molecule has 226 valence electrons. The molecule has 0 saturated carbocycles. The molecule has 5 rings (SSSR count). The molecule has 0 saturated heterocycles. The first-order valence-corrected chi connectivity index (χ1v) is 13.1. The third kappa shape index (κ3) is 5.56. The van der Waals surface area contributed by atoms with Crippen LogP contribution in [0.1, 0.15) is 38.0 Å². The number of amides is 1. The number of furan rings is 1. The Labute approximate surface area is 240 Å². The second kappa shape index (κ2) is 11.2. The lowest BCUT2D eigenvalue weighted by Crippen LogP contribution is -2.33. The lowest BCUT2D eigenvalue weighted by Gasteiger charge is -2.18. The summed E-state index contributed by atoms with van der Waals surface area (Å²) in [5.41, 5.74) is 1.05. The monoisotopic (exact) mass is 604 g/mol. The molecule has 43 heavy (non-hydrogen) atoms. The molecule has 0 bridgehead atoms. The van der Waals surface area contributed by atoms with E-state index >= 15 is 0 Å². The van der Waals surface area contributed by atoms with E-state index in [1.807, 2.05) is 0 Å². The van der Waals surface area contributed by atoms with E-state index < -0.39 is 40.5 Å². The van der Waals surface area contributed by atoms with Gasteiger partial charge in [0.15, 0.2) is 22.9 Å². The molecular weight excluding hydrogens is 579 g/mol. The molecule has 3 heterocycles. The van der Waals surface area contributed by atoms with Crippen molar-refractivity contribution in [3.05, 3.63) is 75.8 Å². The van der Waals surface area contributed by atoms with E-state index in [2.05, 4.69) is 15.6 Å². The summed E-state index contributed by atoms with van der Waals surface area (Å²) < 4.78 is 86.2. The number of hydrogen-bond acceptors (Lipinski definition) is 7. The predicted octanol–water partition coefficient (Wildman–Crippen LogP) is 5.68. The Morgan fingerprint density at radius 2 is 1.70 bits per heavy atom. The summed E-state index contributed by atoms with van der Waals surface area (Å²) in [4.78, 5) is 24.4. The summed E-state index contributed by atoms with van der Waals surface area (Å²) in [6.45, 7) is 3.21. The highest BCUT2D eigenvalue weighted by Gasteiger charge is 2.41. The van der Waals surface area contributed by atoms with Crippen LogP contribution in [0.5, 0.6) is 11.5 Å². The summed E-state index contributed by atoms with van der Waals surface area (Å²) in [7, 11) is 1.31. The van der Waals surface area contributed by atoms with Gasteiger partial charge >= 0.3 is 6.18 Å². The minimum absolute atomic E-state index is 0.00896. The number of nitrogens with one attached hydrogen (secondary N) is 1. The largest absolute Gasteiger partial charge is 0.493 e. The molecule has 4 aromatic rings. The van der Waals surface area contributed by atoms with Crippen molar-refractivity contribution in [3.8, 4) is 22.8 Å². The van der Waals surface area contributed by atoms with Crippen molar-refractivity contribution in [3.63, 3.8) is 0 Å². The maximum Gasteiger partial charge on any atom is 0.449 e. The number of hydrazone groups is 1. The fraction of sp³-hybridized carbons (Fsp3) is 0.310. The summed E-state index contributed by atoms with van der Waals surface area (Å²) in [6, 6.07) is 9.01. The van der Waals surface area contributed by atoms with Crippen LogP contribution in [0.25, 0.3) is 22.2 Å². The number of rotatable bonds is 9. The number of benzene rings is 2. The van der Waals surface area contributed by atoms with Crippen molar-refractivity contribution in [1.29, 1.82) is 0 Å². The van der Waals surface area contributed by atoms with E-state index in [-0.39, 0.29) is 52.6 Å². The number of aryl methyl sites for hydroxylation is 1. The van der Waals surface area contributed by atoms with Crippen LogP contribution in [0.15, 0.2) is 56.8 Å². The highest BCUT2D eigenvalue weighted by Crippen LogP contribution is 2.41. The Kier molecular flexibility index (Phi) is 7.71. The molecule has 0 fully saturated rings. The Morgan fingerprint density at radius 1 is 0.977 bits per heavy atom. The minimum Gasteiger partial charge on any atom is -0.493 e. The Morgan fingerprint density at radius 3 is 2.37 bits per heavy atom. The molecule has 1 aliphatic heterocycles. The zero-order valence-corrected chi connectivity index (χ0v) is 23.1. The van der Waals surface area contributed by atoms with Crippen LogP contribution in [-0.4, -0.2) is 35.1 Å². The van der Waals surface area contributed by atoms with Gasteiger partial charge < -0.3 is 13.9 Å². The van der Waals surface area contributed by atoms with Crippen molar-refractivity contribution >= 4 is 22.6 Å². The number of ether oxygens (including phenoxy) is 2. The van der Waals surface area contributed by atoms with E-state index in [4.69, 9.17) is 13.9 Å². The quantitative estimate of drug-likeness (QED) is 0.195. The standard InChI is InChI=1S/C29H25F5N4O5/c1-28(2)26(35-36-27(28)40)16-7-9-19(24(31)23(16)30)42-13-5-4-12-38-22(39)11-8-18(37-38)15-6-10-20(41-3)25-17(15)14-21(43-25)29(32,33)34/h6-11,14H,4-5,12-13H2,1-3H3,(H,36,40). The number of alkyl halides is 3. The molecule has 0 radical (unpaired) electrons. The molecule has 0 aliphatic carbocycles. The summed E-state index contributed by atoms with van der Waals surface area (Å²) in [6.07, 6.45) is -4.02. The molecule has 2 aromatic heterocycles. The van der Waals surface area contributed by atoms with Crippen LogP contribution in [0.3, 0.4) is 0 Å². The first-order chi connectivity index (χ1) is 20.3. The number of unbranched alkanes of at least 4 members (excludes halogenated alkanes) is 1. The van der Waals surface area contributed by atoms with Gasteiger partial charge in [0.05, 0.1) is 30.5 Å². The maximum atomic E-state index is 14.8. The first kappa shape index (κ1) is 29.7. The average Bonchev–Trinajstić information content (AvgIpc) is 3.53. The number of nitrogens with zero attached hydrogens (tertiary/aromatic N) is 3. The van der Waals surface area contributed by atoms with Crippen LogP contribution >= 0.6 is 0 Å². The van der Waals surface area contributed by atoms with Gasteiger partial charge in [-0.2, -0.15) is 27.8 Å². The molecule has 1 N–H and O–H groups in total. The van der Waals surface area contributed by atoms with Gasteiger partial charge in [-0.1, -0.05) is 0 Å². The number of fused-ring (bicyclic) bond motifs is 1. The summed E-state index contributed by atoms with van der Waals surface area (Å²) in [5.74, 6) is -4.26. The second-order valence-electron chi connectivity index (χ2n) is 10.3. The van der Waals surface area contributed by atoms with Gasteiger partial charge in [-0.15, -0.1) is 0 Å². The number of carbonyl (C=O) groups excluding carboxylic acids is 1. The number of hydrogen-bond donors (Lipinski definition) is 1. The van der Waals surface area contributed by atoms with E-state index in [1.54, 1.807) is 13.8 Å². The molecule has 1 amide bonds. The van der Waals surface area contributed by atoms with Gasteiger partial charge in [0, 0.05) is 29.1 Å². The lowest BCUT2D eigenvalue weighted by atomic mass is 9.83. The van der Waals surface area contributed by atoms with Crippen molar-refractivity contribution < 1.29 is 40.6 Å². The van der Waals surface area contributed by atoms with E-state index in [0.717, 1.165) is 10.7 Å². The van der Waals surface area contributed by atoms with Crippen LogP contribution in [0.2, 0.25) is 0 Å². The van der Waals surface area contributed by atoms with Gasteiger partial charge in [0.1, 0.15) is 0 Å². The van der Waals surface area contributed by atoms with E-state index in [9.17, 15) is 31.5 Å². The van der Waals surface area contributed by atoms with Crippen LogP contribution < -0.4 is 20.5 Å². The Bertz CT molecular complexity index is 1810. The third-order valence-electron chi connectivity index (χ3n) is 7.04. The SMILES string of the molecule is COc1ccc(-c2ccc(=O)n(CCCCOc3ccc(C4=NNC(=O)C4(C)C)c(F)c3F)n2)c2cc(C(F)(F)F)oc12. The smallest absolute Gasteiger partial charge is 0.449 e. The van der Waals surface area contributed by atoms with Gasteiger partial charge in [-0.3, -0.25) is 9.59 Å². The zero-order chi connectivity index (χ0) is 31.1. The van der Waals surface area contributed by atoms with Gasteiger partial charge in [-0.25, -0.2) is 14.5 Å². The molecule has 0 atom stereocenters. The highest BCUT2D eigenvalue weighted by atomic mass is 19.4. The fourth-order valence-electron chi connectivity index (χ4n) is 4.64. The average molecular weight is 605 g/mol. The first-order valence-electron chi connectivity index (χ1n) is 13.1.